The van der Waals surface area contributed by atoms with Gasteiger partial charge >= 0.3 is 0 Å². The lowest BCUT2D eigenvalue weighted by molar-refractivity contribution is 0.0940. The second-order valence-electron chi connectivity index (χ2n) is 5.24. The number of hydrogen-bond acceptors (Lipinski definition) is 4. The van der Waals surface area contributed by atoms with Gasteiger partial charge in [-0.25, -0.2) is 13.1 Å². The number of benzene rings is 1. The number of amides is 1. The van der Waals surface area contributed by atoms with E-state index in [2.05, 4.69) is 15.4 Å². The summed E-state index contributed by atoms with van der Waals surface area (Å²) in [4.78, 5) is 12.4. The van der Waals surface area contributed by atoms with Crippen LogP contribution in [-0.2, 0) is 16.4 Å². The number of hydrogen-bond donors (Lipinski definition) is 2. The molecule has 2 rings (SSSR count). The van der Waals surface area contributed by atoms with Gasteiger partial charge in [-0.1, -0.05) is 6.92 Å². The van der Waals surface area contributed by atoms with Crippen molar-refractivity contribution in [3.63, 3.8) is 0 Å². The number of rotatable bonds is 7. The van der Waals surface area contributed by atoms with Crippen molar-refractivity contribution in [1.82, 2.24) is 10.0 Å². The molecule has 2 N–H and O–H groups in total. The molecule has 2 aromatic rings. The molecular weight excluding hydrogens is 332 g/mol. The van der Waals surface area contributed by atoms with Crippen molar-refractivity contribution in [1.29, 1.82) is 0 Å². The SMILES string of the molecule is CCNS(=O)(=O)c1ccc(C(=O)NC(C)Cc2ccsc2)cc1. The molecule has 0 aliphatic rings. The van der Waals surface area contributed by atoms with Crippen molar-refractivity contribution >= 4 is 27.3 Å². The van der Waals surface area contributed by atoms with E-state index in [0.717, 1.165) is 6.42 Å². The van der Waals surface area contributed by atoms with Crippen LogP contribution < -0.4 is 10.0 Å². The molecule has 0 saturated carbocycles. The largest absolute Gasteiger partial charge is 0.349 e. The normalized spacial score (nSPS) is 12.8. The predicted octanol–water partition coefficient (Wildman–Crippen LogP) is 2.41. The molecule has 0 aliphatic carbocycles. The Bertz CT molecular complexity index is 738. The predicted molar refractivity (Wildman–Crippen MR) is 92.3 cm³/mol. The van der Waals surface area contributed by atoms with Gasteiger partial charge < -0.3 is 5.32 Å². The van der Waals surface area contributed by atoms with Gasteiger partial charge in [0.2, 0.25) is 10.0 Å². The van der Waals surface area contributed by atoms with Crippen LogP contribution in [0.1, 0.15) is 29.8 Å². The van der Waals surface area contributed by atoms with Crippen LogP contribution in [0.15, 0.2) is 46.0 Å². The molecule has 1 aromatic carbocycles. The van der Waals surface area contributed by atoms with Crippen LogP contribution in [0.25, 0.3) is 0 Å². The molecule has 0 spiro atoms. The minimum atomic E-state index is -3.49. The summed E-state index contributed by atoms with van der Waals surface area (Å²) >= 11 is 1.63. The topological polar surface area (TPSA) is 75.3 Å². The summed E-state index contributed by atoms with van der Waals surface area (Å²) in [6.07, 6.45) is 0.766. The van der Waals surface area contributed by atoms with E-state index in [9.17, 15) is 13.2 Å². The van der Waals surface area contributed by atoms with Crippen molar-refractivity contribution in [2.45, 2.75) is 31.2 Å². The highest BCUT2D eigenvalue weighted by atomic mass is 32.2. The first-order chi connectivity index (χ1) is 10.9. The van der Waals surface area contributed by atoms with Crippen molar-refractivity contribution in [3.8, 4) is 0 Å². The third-order valence-electron chi connectivity index (χ3n) is 3.26. The fourth-order valence-corrected chi connectivity index (χ4v) is 3.90. The fourth-order valence-electron chi connectivity index (χ4n) is 2.18. The first-order valence-electron chi connectivity index (χ1n) is 7.34. The maximum absolute atomic E-state index is 12.2. The zero-order valence-electron chi connectivity index (χ0n) is 13.1. The third-order valence-corrected chi connectivity index (χ3v) is 5.55. The zero-order valence-corrected chi connectivity index (χ0v) is 14.7. The second kappa shape index (κ2) is 7.72. The average molecular weight is 352 g/mol. The smallest absolute Gasteiger partial charge is 0.251 e. The van der Waals surface area contributed by atoms with Crippen LogP contribution in [0.3, 0.4) is 0 Å². The van der Waals surface area contributed by atoms with E-state index in [1.807, 2.05) is 18.4 Å². The summed E-state index contributed by atoms with van der Waals surface area (Å²) in [5.74, 6) is -0.208. The molecule has 0 saturated heterocycles. The van der Waals surface area contributed by atoms with Crippen LogP contribution >= 0.6 is 11.3 Å². The zero-order chi connectivity index (χ0) is 16.9. The van der Waals surface area contributed by atoms with Crippen molar-refractivity contribution in [3.05, 3.63) is 52.2 Å². The minimum absolute atomic E-state index is 0.00210. The molecule has 0 aliphatic heterocycles. The van der Waals surface area contributed by atoms with Crippen LogP contribution in [0, 0.1) is 0 Å². The Morgan fingerprint density at radius 3 is 2.48 bits per heavy atom. The van der Waals surface area contributed by atoms with E-state index in [0.29, 0.717) is 12.1 Å². The highest BCUT2D eigenvalue weighted by Crippen LogP contribution is 2.12. The Hall–Kier alpha value is -1.70. The number of nitrogens with one attached hydrogen (secondary N) is 2. The molecule has 1 unspecified atom stereocenters. The Balaban J connectivity index is 2.00. The second-order valence-corrected chi connectivity index (χ2v) is 7.78. The van der Waals surface area contributed by atoms with E-state index in [-0.39, 0.29) is 16.8 Å². The lowest BCUT2D eigenvalue weighted by Crippen LogP contribution is -2.34. The van der Waals surface area contributed by atoms with E-state index < -0.39 is 10.0 Å². The van der Waals surface area contributed by atoms with Gasteiger partial charge in [0.1, 0.15) is 0 Å². The summed E-state index contributed by atoms with van der Waals surface area (Å²) in [5.41, 5.74) is 1.63. The lowest BCUT2D eigenvalue weighted by Gasteiger charge is -2.13. The monoisotopic (exact) mass is 352 g/mol. The van der Waals surface area contributed by atoms with Crippen molar-refractivity contribution in [2.24, 2.45) is 0 Å². The molecule has 1 aromatic heterocycles. The Labute approximate surface area is 140 Å². The maximum Gasteiger partial charge on any atom is 0.251 e. The van der Waals surface area contributed by atoms with E-state index in [4.69, 9.17) is 0 Å². The molecule has 0 fully saturated rings. The van der Waals surface area contributed by atoms with Crippen molar-refractivity contribution in [2.75, 3.05) is 6.54 Å². The van der Waals surface area contributed by atoms with Crippen LogP contribution in [0.4, 0.5) is 0 Å². The number of carbonyl (C=O) groups excluding carboxylic acids is 1. The molecule has 23 heavy (non-hydrogen) atoms. The molecular formula is C16H20N2O3S2. The molecule has 0 bridgehead atoms. The highest BCUT2D eigenvalue weighted by molar-refractivity contribution is 7.89. The number of thiophene rings is 1. The summed E-state index contributed by atoms with van der Waals surface area (Å²) < 4.78 is 26.1. The summed E-state index contributed by atoms with van der Waals surface area (Å²) in [6, 6.07) is 7.97. The fraction of sp³-hybridized carbons (Fsp3) is 0.312. The molecule has 1 atom stereocenters. The van der Waals surface area contributed by atoms with Crippen LogP contribution in [0.2, 0.25) is 0 Å². The van der Waals surface area contributed by atoms with E-state index in [1.165, 1.54) is 29.8 Å². The highest BCUT2D eigenvalue weighted by Gasteiger charge is 2.15. The van der Waals surface area contributed by atoms with Crippen LogP contribution in [-0.4, -0.2) is 26.9 Å². The molecule has 0 radical (unpaired) electrons. The van der Waals surface area contributed by atoms with E-state index in [1.54, 1.807) is 18.3 Å². The Kier molecular flexibility index (Phi) is 5.92. The van der Waals surface area contributed by atoms with Gasteiger partial charge in [0.15, 0.2) is 0 Å². The Morgan fingerprint density at radius 1 is 1.22 bits per heavy atom. The van der Waals surface area contributed by atoms with E-state index >= 15 is 0 Å². The lowest BCUT2D eigenvalue weighted by atomic mass is 10.1. The molecule has 7 heteroatoms. The van der Waals surface area contributed by atoms with Gasteiger partial charge in [0.25, 0.3) is 5.91 Å². The molecule has 1 heterocycles. The average Bonchev–Trinajstić information content (AvgIpc) is 3.00. The van der Waals surface area contributed by atoms with Gasteiger partial charge in [-0.2, -0.15) is 11.3 Å². The first kappa shape index (κ1) is 17.7. The third kappa shape index (κ3) is 4.89. The van der Waals surface area contributed by atoms with Crippen LogP contribution in [0.5, 0.6) is 0 Å². The maximum atomic E-state index is 12.2. The standard InChI is InChI=1S/C16H20N2O3S2/c1-3-17-23(20,21)15-6-4-14(5-7-15)16(19)18-12(2)10-13-8-9-22-11-13/h4-9,11-12,17H,3,10H2,1-2H3,(H,18,19). The van der Waals surface area contributed by atoms with Gasteiger partial charge in [-0.05, 0) is 60.0 Å². The first-order valence-corrected chi connectivity index (χ1v) is 9.76. The number of carbonyl (C=O) groups is 1. The van der Waals surface area contributed by atoms with Gasteiger partial charge in [0.05, 0.1) is 4.90 Å². The summed E-state index contributed by atoms with van der Waals surface area (Å²) in [7, 11) is -3.49. The Morgan fingerprint density at radius 2 is 1.91 bits per heavy atom. The molecule has 5 nitrogen and oxygen atoms in total. The van der Waals surface area contributed by atoms with Gasteiger partial charge in [0, 0.05) is 18.2 Å². The molecule has 1 amide bonds. The quantitative estimate of drug-likeness (QED) is 0.803. The van der Waals surface area contributed by atoms with Gasteiger partial charge in [-0.3, -0.25) is 4.79 Å². The number of sulfonamides is 1. The summed E-state index contributed by atoms with van der Waals surface area (Å²) in [6.45, 7) is 3.98. The molecule has 124 valence electrons. The van der Waals surface area contributed by atoms with Crippen molar-refractivity contribution < 1.29 is 13.2 Å². The van der Waals surface area contributed by atoms with Gasteiger partial charge in [-0.15, -0.1) is 0 Å². The summed E-state index contributed by atoms with van der Waals surface area (Å²) in [5, 5.41) is 6.98. The minimum Gasteiger partial charge on any atom is -0.349 e.